The molecule has 1 aliphatic rings. The van der Waals surface area contributed by atoms with Crippen LogP contribution in [0.3, 0.4) is 0 Å². The molecule has 0 N–H and O–H groups in total. The van der Waals surface area contributed by atoms with Crippen LogP contribution in [0, 0.1) is 0 Å². The maximum Gasteiger partial charge on any atom is 0.0464 e. The first-order valence-corrected chi connectivity index (χ1v) is 15.3. The molecule has 0 amide bonds. The van der Waals surface area contributed by atoms with Gasteiger partial charge in [-0.05, 0) is 88.7 Å². The quantitative estimate of drug-likeness (QED) is 0.176. The molecule has 218 valence electrons. The molecule has 5 aromatic rings. The molecule has 0 unspecified atom stereocenters. The summed E-state index contributed by atoms with van der Waals surface area (Å²) in [5.74, 6) is 0. The molecule has 0 spiro atoms. The van der Waals surface area contributed by atoms with Crippen LogP contribution >= 0.6 is 0 Å². The van der Waals surface area contributed by atoms with E-state index in [0.29, 0.717) is 0 Å². The summed E-state index contributed by atoms with van der Waals surface area (Å²) in [5.41, 5.74) is 13.6. The normalized spacial score (nSPS) is 13.0. The van der Waals surface area contributed by atoms with Crippen LogP contribution < -0.4 is 4.90 Å². The molecule has 1 heteroatoms. The summed E-state index contributed by atoms with van der Waals surface area (Å²) >= 11 is 0. The summed E-state index contributed by atoms with van der Waals surface area (Å²) in [6.45, 7) is 16.3. The Labute approximate surface area is 263 Å². The van der Waals surface area contributed by atoms with E-state index in [1.165, 1.54) is 44.5 Å². The third-order valence-electron chi connectivity index (χ3n) is 8.37. The zero-order valence-electron chi connectivity index (χ0n) is 26.3. The van der Waals surface area contributed by atoms with E-state index in [1.54, 1.807) is 6.08 Å². The van der Waals surface area contributed by atoms with E-state index in [0.717, 1.165) is 17.1 Å². The number of rotatable bonds is 7. The topological polar surface area (TPSA) is 3.24 Å². The molecule has 0 radical (unpaired) electrons. The third kappa shape index (κ3) is 6.00. The Kier molecular flexibility index (Phi) is 9.26. The minimum absolute atomic E-state index is 0.0480. The SMILES string of the molecule is C=C/C(=C\C)N(c1ccc(-c2ccc(-c3ccccc3)cc2)cc1)c1ccc2c(c1)C(C)(C)c1ccccc1-2.C=C/C=C\C. The van der Waals surface area contributed by atoms with Crippen LogP contribution in [-0.2, 0) is 5.41 Å². The lowest BCUT2D eigenvalue weighted by molar-refractivity contribution is 0.660. The van der Waals surface area contributed by atoms with Crippen molar-refractivity contribution in [2.24, 2.45) is 0 Å². The van der Waals surface area contributed by atoms with Crippen molar-refractivity contribution in [1.82, 2.24) is 0 Å². The lowest BCUT2D eigenvalue weighted by Crippen LogP contribution is -2.18. The largest absolute Gasteiger partial charge is 0.311 e. The van der Waals surface area contributed by atoms with E-state index in [4.69, 9.17) is 0 Å². The Morgan fingerprint density at radius 2 is 1.11 bits per heavy atom. The Balaban J connectivity index is 0.000000712. The first-order chi connectivity index (χ1) is 21.4. The van der Waals surface area contributed by atoms with Crippen LogP contribution in [0.1, 0.15) is 38.8 Å². The van der Waals surface area contributed by atoms with Crippen molar-refractivity contribution < 1.29 is 0 Å². The molecule has 0 saturated carbocycles. The van der Waals surface area contributed by atoms with Gasteiger partial charge in [-0.2, -0.15) is 0 Å². The van der Waals surface area contributed by atoms with E-state index in [9.17, 15) is 0 Å². The van der Waals surface area contributed by atoms with Crippen molar-refractivity contribution in [2.45, 2.75) is 33.1 Å². The Morgan fingerprint density at radius 1 is 0.591 bits per heavy atom. The minimum atomic E-state index is -0.0480. The molecule has 0 aromatic heterocycles. The predicted molar refractivity (Wildman–Crippen MR) is 192 cm³/mol. The highest BCUT2D eigenvalue weighted by Gasteiger charge is 2.35. The van der Waals surface area contributed by atoms with Gasteiger partial charge in [0.05, 0.1) is 0 Å². The Bertz CT molecular complexity index is 1800. The third-order valence-corrected chi connectivity index (χ3v) is 8.37. The van der Waals surface area contributed by atoms with Crippen molar-refractivity contribution in [3.63, 3.8) is 0 Å². The zero-order chi connectivity index (χ0) is 31.1. The summed E-state index contributed by atoms with van der Waals surface area (Å²) in [4.78, 5) is 2.30. The molecule has 44 heavy (non-hydrogen) atoms. The monoisotopic (exact) mass is 571 g/mol. The van der Waals surface area contributed by atoms with Crippen molar-refractivity contribution in [1.29, 1.82) is 0 Å². The van der Waals surface area contributed by atoms with Gasteiger partial charge in [0.2, 0.25) is 0 Å². The van der Waals surface area contributed by atoms with E-state index in [1.807, 2.05) is 25.2 Å². The molecular formula is C43H41N. The Hall–Kier alpha value is -5.14. The van der Waals surface area contributed by atoms with Gasteiger partial charge in [0, 0.05) is 22.5 Å². The van der Waals surface area contributed by atoms with Crippen molar-refractivity contribution >= 4 is 11.4 Å². The van der Waals surface area contributed by atoms with Crippen LogP contribution in [0.5, 0.6) is 0 Å². The maximum atomic E-state index is 4.13. The van der Waals surface area contributed by atoms with Gasteiger partial charge in [0.1, 0.15) is 0 Å². The van der Waals surface area contributed by atoms with Gasteiger partial charge in [-0.1, -0.05) is 148 Å². The Morgan fingerprint density at radius 3 is 1.66 bits per heavy atom. The van der Waals surface area contributed by atoms with E-state index in [2.05, 4.69) is 166 Å². The molecule has 0 atom stereocenters. The van der Waals surface area contributed by atoms with Crippen molar-refractivity contribution in [2.75, 3.05) is 4.90 Å². The summed E-state index contributed by atoms with van der Waals surface area (Å²) in [5, 5.41) is 0. The molecule has 0 bridgehead atoms. The molecule has 6 rings (SSSR count). The van der Waals surface area contributed by atoms with Gasteiger partial charge < -0.3 is 4.90 Å². The van der Waals surface area contributed by atoms with Gasteiger partial charge in [0.15, 0.2) is 0 Å². The number of anilines is 2. The number of hydrogen-bond acceptors (Lipinski definition) is 1. The van der Waals surface area contributed by atoms with E-state index in [-0.39, 0.29) is 5.41 Å². The lowest BCUT2D eigenvalue weighted by atomic mass is 9.82. The molecule has 0 saturated heterocycles. The first kappa shape index (κ1) is 30.3. The number of allylic oxidation sites excluding steroid dienone is 5. The van der Waals surface area contributed by atoms with Gasteiger partial charge in [-0.25, -0.2) is 0 Å². The molecule has 0 heterocycles. The number of benzene rings is 5. The van der Waals surface area contributed by atoms with Gasteiger partial charge in [-0.3, -0.25) is 0 Å². The highest BCUT2D eigenvalue weighted by atomic mass is 15.1. The summed E-state index contributed by atoms with van der Waals surface area (Å²) < 4.78 is 0. The average Bonchev–Trinajstić information content (AvgIpc) is 3.30. The fourth-order valence-electron chi connectivity index (χ4n) is 6.04. The van der Waals surface area contributed by atoms with Crippen LogP contribution in [0.25, 0.3) is 33.4 Å². The minimum Gasteiger partial charge on any atom is -0.311 e. The number of nitrogens with zero attached hydrogens (tertiary/aromatic N) is 1. The van der Waals surface area contributed by atoms with Crippen molar-refractivity contribution in [3.05, 3.63) is 182 Å². The fraction of sp³-hybridized carbons (Fsp3) is 0.116. The first-order valence-electron chi connectivity index (χ1n) is 15.3. The molecule has 1 nitrogen and oxygen atoms in total. The summed E-state index contributed by atoms with van der Waals surface area (Å²) in [7, 11) is 0. The summed E-state index contributed by atoms with van der Waals surface area (Å²) in [6, 6.07) is 43.8. The highest BCUT2D eigenvalue weighted by molar-refractivity contribution is 5.84. The standard InChI is InChI=1S/C38H33N.C5H8/c1-5-31(6-2)39(33-24-25-35-34-14-10-11-15-36(34)38(3,4)37(35)26-33)32-22-20-30(21-23-32)29-18-16-28(17-19-29)27-12-8-7-9-13-27;1-3-5-4-2/h5-26H,1H2,2-4H3;3-5H,1H2,2H3/b31-6+;5-4-. The van der Waals surface area contributed by atoms with Gasteiger partial charge in [0.25, 0.3) is 0 Å². The number of hydrogen-bond donors (Lipinski definition) is 0. The second-order valence-corrected chi connectivity index (χ2v) is 11.4. The molecule has 5 aromatic carbocycles. The summed E-state index contributed by atoms with van der Waals surface area (Å²) in [6.07, 6.45) is 9.63. The van der Waals surface area contributed by atoms with Crippen LogP contribution in [-0.4, -0.2) is 0 Å². The second-order valence-electron chi connectivity index (χ2n) is 11.4. The van der Waals surface area contributed by atoms with Crippen molar-refractivity contribution in [3.8, 4) is 33.4 Å². The van der Waals surface area contributed by atoms with Gasteiger partial charge in [-0.15, -0.1) is 0 Å². The predicted octanol–water partition coefficient (Wildman–Crippen LogP) is 12.3. The maximum absolute atomic E-state index is 4.13. The molecule has 0 aliphatic heterocycles. The van der Waals surface area contributed by atoms with E-state index < -0.39 is 0 Å². The lowest BCUT2D eigenvalue weighted by Gasteiger charge is -2.28. The van der Waals surface area contributed by atoms with E-state index >= 15 is 0 Å². The molecule has 0 fully saturated rings. The van der Waals surface area contributed by atoms with Crippen LogP contribution in [0.4, 0.5) is 11.4 Å². The van der Waals surface area contributed by atoms with Crippen LogP contribution in [0.15, 0.2) is 171 Å². The second kappa shape index (κ2) is 13.4. The average molecular weight is 572 g/mol. The molecular weight excluding hydrogens is 530 g/mol. The van der Waals surface area contributed by atoms with Crippen LogP contribution in [0.2, 0.25) is 0 Å². The highest BCUT2D eigenvalue weighted by Crippen LogP contribution is 2.50. The smallest absolute Gasteiger partial charge is 0.0464 e. The zero-order valence-corrected chi connectivity index (χ0v) is 26.3. The molecule has 1 aliphatic carbocycles. The number of fused-ring (bicyclic) bond motifs is 3. The van der Waals surface area contributed by atoms with Gasteiger partial charge >= 0.3 is 0 Å². The fourth-order valence-corrected chi connectivity index (χ4v) is 6.04.